The van der Waals surface area contributed by atoms with Gasteiger partial charge in [0.15, 0.2) is 0 Å². The van der Waals surface area contributed by atoms with Crippen LogP contribution in [-0.4, -0.2) is 8.42 Å². The van der Waals surface area contributed by atoms with Crippen LogP contribution in [0.4, 0.5) is 0 Å². The molecule has 0 radical (unpaired) electrons. The minimum absolute atomic E-state index is 0.0103. The van der Waals surface area contributed by atoms with Gasteiger partial charge in [-0.2, -0.15) is 0 Å². The van der Waals surface area contributed by atoms with Crippen LogP contribution in [0.25, 0.3) is 10.8 Å². The van der Waals surface area contributed by atoms with Gasteiger partial charge < -0.3 is 5.43 Å². The molecule has 2 atom stereocenters. The Bertz CT molecular complexity index is 978. The summed E-state index contributed by atoms with van der Waals surface area (Å²) in [4.78, 5) is 2.85. The van der Waals surface area contributed by atoms with E-state index >= 15 is 0 Å². The van der Waals surface area contributed by atoms with Crippen molar-refractivity contribution in [3.05, 3.63) is 54.2 Å². The first-order valence-corrected chi connectivity index (χ1v) is 10.2. The summed E-state index contributed by atoms with van der Waals surface area (Å²) in [7, 11) is -3.62. The number of hydrazine groups is 1. The first kappa shape index (κ1) is 16.6. The Morgan fingerprint density at radius 1 is 1.04 bits per heavy atom. The maximum absolute atomic E-state index is 12.7. The highest BCUT2D eigenvalue weighted by Gasteiger charge is 2.57. The van der Waals surface area contributed by atoms with E-state index in [1.54, 1.807) is 12.1 Å². The van der Waals surface area contributed by atoms with E-state index in [0.29, 0.717) is 5.92 Å². The minimum atomic E-state index is -3.62. The molecular weight excluding hydrogens is 332 g/mol. The standard InChI is InChI=1S/C20H24N2O2S/c1-19(2)16-10-11-20(19,3)18(13-16)21-22-25(23,24)17-9-8-14-6-4-5-7-15(14)12-17/h4-9,12-13,16,21-22H,10-11H2,1-3H3/t16-,20-/m1/s1. The molecule has 2 aromatic rings. The predicted octanol–water partition coefficient (Wildman–Crippen LogP) is 3.96. The molecule has 0 amide bonds. The zero-order valence-corrected chi connectivity index (χ0v) is 15.7. The van der Waals surface area contributed by atoms with Crippen molar-refractivity contribution in [1.82, 2.24) is 10.3 Å². The molecule has 4 rings (SSSR count). The van der Waals surface area contributed by atoms with Crippen LogP contribution in [0.2, 0.25) is 0 Å². The van der Waals surface area contributed by atoms with Gasteiger partial charge in [-0.15, -0.1) is 4.83 Å². The fraction of sp³-hybridized carbons (Fsp3) is 0.400. The molecule has 5 heteroatoms. The summed E-state index contributed by atoms with van der Waals surface area (Å²) >= 11 is 0. The third-order valence-electron chi connectivity index (χ3n) is 6.62. The Labute approximate surface area is 149 Å². The third kappa shape index (κ3) is 2.41. The smallest absolute Gasteiger partial charge is 0.257 e. The van der Waals surface area contributed by atoms with Gasteiger partial charge in [0.2, 0.25) is 0 Å². The second-order valence-corrected chi connectivity index (χ2v) is 9.70. The van der Waals surface area contributed by atoms with Crippen LogP contribution in [0.5, 0.6) is 0 Å². The third-order valence-corrected chi connectivity index (χ3v) is 7.86. The van der Waals surface area contributed by atoms with Gasteiger partial charge in [0, 0.05) is 11.1 Å². The fourth-order valence-electron chi connectivity index (χ4n) is 4.39. The van der Waals surface area contributed by atoms with E-state index in [1.807, 2.05) is 30.3 Å². The number of sulfonamides is 1. The highest BCUT2D eigenvalue weighted by molar-refractivity contribution is 7.89. The largest absolute Gasteiger partial charge is 0.312 e. The average Bonchev–Trinajstić information content (AvgIpc) is 2.93. The van der Waals surface area contributed by atoms with Crippen LogP contribution in [0.1, 0.15) is 33.6 Å². The van der Waals surface area contributed by atoms with E-state index in [1.165, 1.54) is 6.42 Å². The number of rotatable bonds is 4. The van der Waals surface area contributed by atoms with E-state index in [-0.39, 0.29) is 15.7 Å². The zero-order chi connectivity index (χ0) is 17.9. The summed E-state index contributed by atoms with van der Waals surface area (Å²) in [5.41, 5.74) is 4.16. The molecule has 2 N–H and O–H groups in total. The first-order valence-electron chi connectivity index (χ1n) is 8.73. The van der Waals surface area contributed by atoms with Gasteiger partial charge in [-0.05, 0) is 47.1 Å². The van der Waals surface area contributed by atoms with Crippen molar-refractivity contribution >= 4 is 20.8 Å². The van der Waals surface area contributed by atoms with E-state index < -0.39 is 10.0 Å². The molecule has 0 spiro atoms. The molecule has 2 bridgehead atoms. The predicted molar refractivity (Wildman–Crippen MR) is 100 cm³/mol. The van der Waals surface area contributed by atoms with E-state index in [4.69, 9.17) is 0 Å². The van der Waals surface area contributed by atoms with E-state index in [2.05, 4.69) is 37.1 Å². The summed E-state index contributed by atoms with van der Waals surface area (Å²) in [6.07, 6.45) is 4.46. The number of hydrogen-bond acceptors (Lipinski definition) is 3. The Morgan fingerprint density at radius 3 is 2.40 bits per heavy atom. The second kappa shape index (κ2) is 5.32. The second-order valence-electron chi connectivity index (χ2n) is 8.02. The zero-order valence-electron chi connectivity index (χ0n) is 14.8. The molecule has 1 fully saturated rings. The lowest BCUT2D eigenvalue weighted by Crippen LogP contribution is -2.43. The summed E-state index contributed by atoms with van der Waals surface area (Å²) < 4.78 is 25.4. The van der Waals surface area contributed by atoms with Gasteiger partial charge in [-0.25, -0.2) is 8.42 Å². The molecule has 0 aliphatic heterocycles. The van der Waals surface area contributed by atoms with Crippen LogP contribution in [0, 0.1) is 16.7 Å². The molecule has 0 unspecified atom stereocenters. The lowest BCUT2D eigenvalue weighted by Gasteiger charge is -2.37. The molecule has 0 aromatic heterocycles. The SMILES string of the molecule is CC1(C)[C@H]2C=C(NNS(=O)(=O)c3ccc4ccccc4c3)[C@@]1(C)CC2. The van der Waals surface area contributed by atoms with Crippen LogP contribution in [0.15, 0.2) is 59.1 Å². The van der Waals surface area contributed by atoms with Crippen LogP contribution >= 0.6 is 0 Å². The van der Waals surface area contributed by atoms with E-state index in [0.717, 1.165) is 22.9 Å². The summed E-state index contributed by atoms with van der Waals surface area (Å²) in [5, 5.41) is 1.94. The number of allylic oxidation sites excluding steroid dienone is 2. The Morgan fingerprint density at radius 2 is 1.76 bits per heavy atom. The lowest BCUT2D eigenvalue weighted by atomic mass is 9.69. The normalized spacial score (nSPS) is 27.5. The van der Waals surface area contributed by atoms with Gasteiger partial charge in [0.25, 0.3) is 10.0 Å². The van der Waals surface area contributed by atoms with Crippen molar-refractivity contribution in [2.24, 2.45) is 16.7 Å². The van der Waals surface area contributed by atoms with Crippen molar-refractivity contribution < 1.29 is 8.42 Å². The van der Waals surface area contributed by atoms with Crippen molar-refractivity contribution in [2.75, 3.05) is 0 Å². The summed E-state index contributed by atoms with van der Waals surface area (Å²) in [5.74, 6) is 0.505. The Kier molecular flexibility index (Phi) is 3.54. The number of benzene rings is 2. The van der Waals surface area contributed by atoms with Gasteiger partial charge in [-0.3, -0.25) is 0 Å². The average molecular weight is 356 g/mol. The molecule has 132 valence electrons. The van der Waals surface area contributed by atoms with Gasteiger partial charge in [0.05, 0.1) is 4.90 Å². The Hall–Kier alpha value is -1.85. The molecule has 2 aromatic carbocycles. The molecule has 0 saturated heterocycles. The Balaban J connectivity index is 1.57. The van der Waals surface area contributed by atoms with Crippen molar-refractivity contribution in [3.63, 3.8) is 0 Å². The highest BCUT2D eigenvalue weighted by atomic mass is 32.2. The lowest BCUT2D eigenvalue weighted by molar-refractivity contribution is 0.163. The maximum atomic E-state index is 12.7. The monoisotopic (exact) mass is 356 g/mol. The van der Waals surface area contributed by atoms with Crippen LogP contribution in [0.3, 0.4) is 0 Å². The molecule has 1 saturated carbocycles. The summed E-state index contributed by atoms with van der Waals surface area (Å²) in [6.45, 7) is 6.77. The highest BCUT2D eigenvalue weighted by Crippen LogP contribution is 2.64. The minimum Gasteiger partial charge on any atom is -0.312 e. The molecule has 2 aliphatic rings. The molecular formula is C20H24N2O2S. The fourth-order valence-corrected chi connectivity index (χ4v) is 5.28. The topological polar surface area (TPSA) is 58.2 Å². The summed E-state index contributed by atoms with van der Waals surface area (Å²) in [6, 6.07) is 12.9. The number of nitrogens with one attached hydrogen (secondary N) is 2. The van der Waals surface area contributed by atoms with Crippen molar-refractivity contribution in [2.45, 2.75) is 38.5 Å². The molecule has 25 heavy (non-hydrogen) atoms. The molecule has 0 heterocycles. The number of hydrogen-bond donors (Lipinski definition) is 2. The maximum Gasteiger partial charge on any atom is 0.257 e. The van der Waals surface area contributed by atoms with Gasteiger partial charge in [0.1, 0.15) is 0 Å². The van der Waals surface area contributed by atoms with E-state index in [9.17, 15) is 8.42 Å². The van der Waals surface area contributed by atoms with Gasteiger partial charge >= 0.3 is 0 Å². The number of fused-ring (bicyclic) bond motifs is 3. The van der Waals surface area contributed by atoms with Crippen molar-refractivity contribution in [1.29, 1.82) is 0 Å². The van der Waals surface area contributed by atoms with Gasteiger partial charge in [-0.1, -0.05) is 57.2 Å². The molecule has 2 aliphatic carbocycles. The first-order chi connectivity index (χ1) is 11.7. The van der Waals surface area contributed by atoms with Crippen molar-refractivity contribution in [3.8, 4) is 0 Å². The quantitative estimate of drug-likeness (QED) is 0.815. The van der Waals surface area contributed by atoms with Crippen LogP contribution in [-0.2, 0) is 10.0 Å². The van der Waals surface area contributed by atoms with Crippen LogP contribution < -0.4 is 10.3 Å². The molecule has 4 nitrogen and oxygen atoms in total.